The third-order valence-corrected chi connectivity index (χ3v) is 3.13. The molecule has 0 aliphatic heterocycles. The Hall–Kier alpha value is -2.76. The molecule has 0 saturated heterocycles. The molecule has 106 valence electrons. The van der Waals surface area contributed by atoms with E-state index in [1.165, 1.54) is 30.3 Å². The normalized spacial score (nSPS) is 10.8. The molecule has 0 unspecified atom stereocenters. The molecule has 0 aliphatic rings. The topological polar surface area (TPSA) is 54.7 Å². The number of hydrogen-bond donors (Lipinski definition) is 2. The molecular formula is C15H10F3N3. The molecule has 2 aromatic carbocycles. The van der Waals surface area contributed by atoms with E-state index in [0.29, 0.717) is 16.8 Å². The molecule has 3 aromatic rings. The van der Waals surface area contributed by atoms with Gasteiger partial charge in [-0.2, -0.15) is 5.10 Å². The molecule has 1 heterocycles. The van der Waals surface area contributed by atoms with E-state index in [1.54, 1.807) is 0 Å². The summed E-state index contributed by atoms with van der Waals surface area (Å²) in [5.74, 6) is -1.73. The SMILES string of the molecule is Nc1n[nH]c(-c2ccc(F)cc2)c1-c1ccc(F)cc1F. The van der Waals surface area contributed by atoms with Gasteiger partial charge in [-0.3, -0.25) is 5.10 Å². The van der Waals surface area contributed by atoms with Crippen LogP contribution in [0, 0.1) is 17.5 Å². The van der Waals surface area contributed by atoms with Crippen LogP contribution in [-0.4, -0.2) is 10.2 Å². The van der Waals surface area contributed by atoms with Crippen LogP contribution < -0.4 is 5.73 Å². The highest BCUT2D eigenvalue weighted by Gasteiger charge is 2.18. The lowest BCUT2D eigenvalue weighted by Crippen LogP contribution is -1.92. The van der Waals surface area contributed by atoms with Crippen molar-refractivity contribution in [3.8, 4) is 22.4 Å². The highest BCUT2D eigenvalue weighted by molar-refractivity contribution is 5.87. The molecule has 0 atom stereocenters. The van der Waals surface area contributed by atoms with Crippen molar-refractivity contribution in [2.45, 2.75) is 0 Å². The second-order valence-electron chi connectivity index (χ2n) is 4.49. The fourth-order valence-electron chi connectivity index (χ4n) is 2.15. The zero-order valence-corrected chi connectivity index (χ0v) is 10.7. The number of hydrogen-bond acceptors (Lipinski definition) is 2. The number of rotatable bonds is 2. The number of nitrogens with two attached hydrogens (primary N) is 1. The van der Waals surface area contributed by atoms with E-state index in [9.17, 15) is 13.2 Å². The number of nitrogen functional groups attached to an aromatic ring is 1. The minimum Gasteiger partial charge on any atom is -0.382 e. The number of nitrogens with zero attached hydrogens (tertiary/aromatic N) is 1. The molecular weight excluding hydrogens is 279 g/mol. The Balaban J connectivity index is 2.19. The maximum atomic E-state index is 14.0. The van der Waals surface area contributed by atoms with E-state index in [0.717, 1.165) is 12.1 Å². The summed E-state index contributed by atoms with van der Waals surface area (Å²) in [6, 6.07) is 8.79. The molecule has 0 bridgehead atoms. The first-order chi connectivity index (χ1) is 10.1. The first-order valence-corrected chi connectivity index (χ1v) is 6.11. The minimum absolute atomic E-state index is 0.0832. The standard InChI is InChI=1S/C15H10F3N3/c16-9-3-1-8(2-4-9)14-13(15(19)21-20-14)11-6-5-10(17)7-12(11)18/h1-7H,(H3,19,20,21). The summed E-state index contributed by atoms with van der Waals surface area (Å²) in [7, 11) is 0. The van der Waals surface area contributed by atoms with E-state index >= 15 is 0 Å². The van der Waals surface area contributed by atoms with Crippen LogP contribution in [0.5, 0.6) is 0 Å². The van der Waals surface area contributed by atoms with Crippen molar-refractivity contribution in [2.24, 2.45) is 0 Å². The molecule has 3 rings (SSSR count). The highest BCUT2D eigenvalue weighted by atomic mass is 19.1. The molecule has 0 aliphatic carbocycles. The molecule has 0 radical (unpaired) electrons. The van der Waals surface area contributed by atoms with Crippen molar-refractivity contribution >= 4 is 5.82 Å². The van der Waals surface area contributed by atoms with Gasteiger partial charge < -0.3 is 5.73 Å². The Morgan fingerprint density at radius 2 is 1.57 bits per heavy atom. The highest BCUT2D eigenvalue weighted by Crippen LogP contribution is 2.36. The van der Waals surface area contributed by atoms with Gasteiger partial charge in [0.15, 0.2) is 5.82 Å². The van der Waals surface area contributed by atoms with Gasteiger partial charge in [0.25, 0.3) is 0 Å². The average molecular weight is 289 g/mol. The van der Waals surface area contributed by atoms with Gasteiger partial charge in [0.05, 0.1) is 11.3 Å². The minimum atomic E-state index is -0.744. The van der Waals surface area contributed by atoms with Crippen LogP contribution in [-0.2, 0) is 0 Å². The van der Waals surface area contributed by atoms with Gasteiger partial charge in [-0.1, -0.05) is 0 Å². The molecule has 3 N–H and O–H groups in total. The Bertz CT molecular complexity index is 794. The van der Waals surface area contributed by atoms with Gasteiger partial charge in [-0.15, -0.1) is 0 Å². The number of benzene rings is 2. The van der Waals surface area contributed by atoms with Crippen LogP contribution >= 0.6 is 0 Å². The maximum Gasteiger partial charge on any atom is 0.153 e. The van der Waals surface area contributed by atoms with Crippen LogP contribution in [0.25, 0.3) is 22.4 Å². The Kier molecular flexibility index (Phi) is 3.13. The number of nitrogens with one attached hydrogen (secondary N) is 1. The van der Waals surface area contributed by atoms with E-state index in [-0.39, 0.29) is 17.2 Å². The monoisotopic (exact) mass is 289 g/mol. The lowest BCUT2D eigenvalue weighted by Gasteiger charge is -2.06. The summed E-state index contributed by atoms with van der Waals surface area (Å²) in [6.45, 7) is 0. The largest absolute Gasteiger partial charge is 0.382 e. The first-order valence-electron chi connectivity index (χ1n) is 6.11. The van der Waals surface area contributed by atoms with Crippen LogP contribution in [0.15, 0.2) is 42.5 Å². The second kappa shape index (κ2) is 4.97. The van der Waals surface area contributed by atoms with Gasteiger partial charge in [0.2, 0.25) is 0 Å². The number of aromatic amines is 1. The van der Waals surface area contributed by atoms with Crippen LogP contribution in [0.4, 0.5) is 19.0 Å². The molecule has 0 saturated carbocycles. The van der Waals surface area contributed by atoms with E-state index in [4.69, 9.17) is 5.73 Å². The van der Waals surface area contributed by atoms with Gasteiger partial charge in [-0.05, 0) is 36.4 Å². The van der Waals surface area contributed by atoms with Crippen LogP contribution in [0.3, 0.4) is 0 Å². The summed E-state index contributed by atoms with van der Waals surface area (Å²) in [4.78, 5) is 0. The Morgan fingerprint density at radius 1 is 0.905 bits per heavy atom. The summed E-state index contributed by atoms with van der Waals surface area (Å²) in [5, 5.41) is 6.55. The summed E-state index contributed by atoms with van der Waals surface area (Å²) >= 11 is 0. The second-order valence-corrected chi connectivity index (χ2v) is 4.49. The van der Waals surface area contributed by atoms with Crippen LogP contribution in [0.1, 0.15) is 0 Å². The lowest BCUT2D eigenvalue weighted by atomic mass is 10.0. The van der Waals surface area contributed by atoms with Crippen molar-refractivity contribution < 1.29 is 13.2 Å². The fourth-order valence-corrected chi connectivity index (χ4v) is 2.15. The summed E-state index contributed by atoms with van der Waals surface area (Å²) < 4.78 is 40.0. The van der Waals surface area contributed by atoms with Gasteiger partial charge in [0.1, 0.15) is 17.5 Å². The van der Waals surface area contributed by atoms with Crippen molar-refractivity contribution in [3.63, 3.8) is 0 Å². The fraction of sp³-hybridized carbons (Fsp3) is 0. The average Bonchev–Trinajstić information content (AvgIpc) is 2.82. The van der Waals surface area contributed by atoms with Gasteiger partial charge in [-0.25, -0.2) is 13.2 Å². The van der Waals surface area contributed by atoms with Crippen molar-refractivity contribution in [2.75, 3.05) is 5.73 Å². The predicted molar refractivity (Wildman–Crippen MR) is 73.7 cm³/mol. The molecule has 21 heavy (non-hydrogen) atoms. The van der Waals surface area contributed by atoms with Crippen LogP contribution in [0.2, 0.25) is 0 Å². The number of aromatic nitrogens is 2. The van der Waals surface area contributed by atoms with Gasteiger partial charge in [0, 0.05) is 17.2 Å². The van der Waals surface area contributed by atoms with Gasteiger partial charge >= 0.3 is 0 Å². The van der Waals surface area contributed by atoms with E-state index < -0.39 is 11.6 Å². The maximum absolute atomic E-state index is 14.0. The molecule has 0 spiro atoms. The smallest absolute Gasteiger partial charge is 0.153 e. The Morgan fingerprint density at radius 3 is 2.24 bits per heavy atom. The summed E-state index contributed by atoms with van der Waals surface area (Å²) in [5.41, 5.74) is 7.26. The third kappa shape index (κ3) is 2.35. The zero-order valence-electron chi connectivity index (χ0n) is 10.7. The zero-order chi connectivity index (χ0) is 15.0. The third-order valence-electron chi connectivity index (χ3n) is 3.13. The first kappa shape index (κ1) is 13.2. The molecule has 1 aromatic heterocycles. The van der Waals surface area contributed by atoms with Crippen molar-refractivity contribution in [1.82, 2.24) is 10.2 Å². The lowest BCUT2D eigenvalue weighted by molar-refractivity contribution is 0.585. The quantitative estimate of drug-likeness (QED) is 0.755. The number of halogens is 3. The van der Waals surface area contributed by atoms with Crippen molar-refractivity contribution in [3.05, 3.63) is 59.9 Å². The summed E-state index contributed by atoms with van der Waals surface area (Å²) in [6.07, 6.45) is 0. The molecule has 3 nitrogen and oxygen atoms in total. The molecule has 0 fully saturated rings. The molecule has 0 amide bonds. The van der Waals surface area contributed by atoms with E-state index in [1.807, 2.05) is 0 Å². The van der Waals surface area contributed by atoms with Crippen molar-refractivity contribution in [1.29, 1.82) is 0 Å². The predicted octanol–water partition coefficient (Wildman–Crippen LogP) is 3.74. The molecule has 6 heteroatoms. The number of anilines is 1. The Labute approximate surface area is 118 Å². The number of H-pyrrole nitrogens is 1. The van der Waals surface area contributed by atoms with E-state index in [2.05, 4.69) is 10.2 Å².